The maximum absolute atomic E-state index is 7.57. The third kappa shape index (κ3) is 1160. The third-order valence-electron chi connectivity index (χ3n) is 0. The molecule has 0 saturated carbocycles. The van der Waals surface area contributed by atoms with Crippen LogP contribution in [0.3, 0.4) is 0 Å². The van der Waals surface area contributed by atoms with Crippen molar-refractivity contribution in [1.82, 2.24) is 0 Å². The van der Waals surface area contributed by atoms with Crippen LogP contribution < -0.4 is 591 Å². The molecule has 0 aliphatic rings. The van der Waals surface area contributed by atoms with Crippen molar-refractivity contribution in [3.8, 4) is 0 Å². The molecule has 0 unspecified atom stereocenters. The Labute approximate surface area is 840 Å². The van der Waals surface area contributed by atoms with Gasteiger partial charge in [-0.3, -0.25) is 0 Å². The molecule has 0 rings (SSSR count). The van der Waals surface area contributed by atoms with Gasteiger partial charge in [0.1, 0.15) is 0 Å². The molecule has 0 fully saturated rings. The summed E-state index contributed by atoms with van der Waals surface area (Å²) in [6.45, 7) is 25.1. The zero-order chi connectivity index (χ0) is 35.2. The SMILES string of the molecule is CCO.CCO.CCO.CCO.CCO.CCO.CCO.CCO.CCO.CCO.CCO.CCO.CCO.[H-].[H-].[H-].[H-].[H-].[H-].[H-].[H-].[H-].[H-].[H-].[H-].[H-].[H-].[H-].[H-].[H-].[H-].[H-].[H-].[Na+].[Na+].[Na+].[Na+].[Na+].[Na+].[Na+].[Na+].[Na+].[Na+].[Na+].[Na+].[Na+].[Na+].[Na+].[Na+].[Na+].[Na+].[Na+].[Na+]. The van der Waals surface area contributed by atoms with Crippen LogP contribution in [0.4, 0.5) is 0 Å². The zero-order valence-corrected chi connectivity index (χ0v) is 88.0. The van der Waals surface area contributed by atoms with Crippen molar-refractivity contribution in [2.24, 2.45) is 0 Å². The summed E-state index contributed by atoms with van der Waals surface area (Å²) in [5.74, 6) is 0. The van der Waals surface area contributed by atoms with Gasteiger partial charge >= 0.3 is 591 Å². The van der Waals surface area contributed by atoms with Crippen LogP contribution in [0.5, 0.6) is 0 Å². The molecule has 13 N–H and O–H groups in total. The van der Waals surface area contributed by atoms with Crippen molar-refractivity contribution in [2.75, 3.05) is 85.9 Å². The van der Waals surface area contributed by atoms with Gasteiger partial charge in [0, 0.05) is 85.9 Å². The molecule has 0 aromatic heterocycles. The molecule has 0 spiro atoms. The fourth-order valence-electron chi connectivity index (χ4n) is 0. The summed E-state index contributed by atoms with van der Waals surface area (Å²) in [6.07, 6.45) is 0. The summed E-state index contributed by atoms with van der Waals surface area (Å²) < 4.78 is 0. The minimum absolute atomic E-state index is 0. The molecular weight excluding hydrogens is 980 g/mol. The predicted octanol–water partition coefficient (Wildman–Crippen LogP) is -57.7. The third-order valence-corrected chi connectivity index (χ3v) is 0. The summed E-state index contributed by atoms with van der Waals surface area (Å²) in [5, 5.41) is 98.4. The number of hydrogen-bond acceptors (Lipinski definition) is 13. The second kappa shape index (κ2) is 430. The van der Waals surface area contributed by atoms with Crippen molar-refractivity contribution < 1.29 is 686 Å². The van der Waals surface area contributed by atoms with E-state index < -0.39 is 0 Å². The van der Waals surface area contributed by atoms with E-state index in [2.05, 4.69) is 0 Å². The van der Waals surface area contributed by atoms with Crippen LogP contribution in [0.25, 0.3) is 0 Å². The first-order valence-electron chi connectivity index (χ1n) is 13.3. The summed E-state index contributed by atoms with van der Waals surface area (Å²) in [4.78, 5) is 0. The first kappa shape index (κ1) is 228. The molecule has 0 radical (unpaired) electrons. The Bertz CT molecular complexity index is 203. The van der Waals surface area contributed by atoms with E-state index in [1.165, 1.54) is 0 Å². The van der Waals surface area contributed by atoms with Crippen molar-refractivity contribution >= 4 is 0 Å². The van der Waals surface area contributed by atoms with E-state index >= 15 is 0 Å². The normalized spacial score (nSPS) is 3.97. The Morgan fingerprint density at radius 3 is 0.136 bits per heavy atom. The summed E-state index contributed by atoms with van der Waals surface area (Å²) >= 11 is 0. The topological polar surface area (TPSA) is 263 Å². The van der Waals surface area contributed by atoms with Crippen molar-refractivity contribution in [3.05, 3.63) is 0 Å². The fourth-order valence-corrected chi connectivity index (χ4v) is 0. The molecule has 0 aliphatic heterocycles. The zero-order valence-electron chi connectivity index (χ0n) is 68.0. The van der Waals surface area contributed by atoms with Crippen LogP contribution in [0, 0.1) is 0 Å². The Kier molecular flexibility index (Phi) is 1660. The quantitative estimate of drug-likeness (QED) is 0.101. The van der Waals surface area contributed by atoms with Crippen LogP contribution in [0.1, 0.15) is 119 Å². The molecule has 0 atom stereocenters. The summed E-state index contributed by atoms with van der Waals surface area (Å²) in [5.41, 5.74) is 0. The van der Waals surface area contributed by atoms with Gasteiger partial charge in [-0.25, -0.2) is 0 Å². The first-order valence-corrected chi connectivity index (χ1v) is 13.3. The van der Waals surface area contributed by atoms with Crippen LogP contribution in [0.2, 0.25) is 0 Å². The van der Waals surface area contributed by atoms with Crippen molar-refractivity contribution in [1.29, 1.82) is 0 Å². The van der Waals surface area contributed by atoms with Gasteiger partial charge in [0.2, 0.25) is 0 Å². The molecule has 0 heterocycles. The van der Waals surface area contributed by atoms with E-state index in [0.29, 0.717) is 0 Å². The fraction of sp³-hybridized carbons (Fsp3) is 1.00. The van der Waals surface area contributed by atoms with Crippen LogP contribution in [-0.2, 0) is 0 Å². The smallest absolute Gasteiger partial charge is 1.00 e. The maximum atomic E-state index is 7.57. The minimum atomic E-state index is 0. The van der Waals surface area contributed by atoms with Gasteiger partial charge in [0.05, 0.1) is 0 Å². The Morgan fingerprint density at radius 2 is 0.136 bits per heavy atom. The van der Waals surface area contributed by atoms with Crippen LogP contribution >= 0.6 is 0 Å². The molecule has 0 amide bonds. The van der Waals surface area contributed by atoms with Crippen LogP contribution in [0.15, 0.2) is 0 Å². The summed E-state index contributed by atoms with van der Waals surface area (Å²) in [6, 6.07) is 0. The second-order valence-electron chi connectivity index (χ2n) is 4.11. The average molecular weight is 1080 g/mol. The predicted molar refractivity (Wildman–Crippen MR) is 188 cm³/mol. The van der Waals surface area contributed by atoms with E-state index in [9.17, 15) is 0 Å². The monoisotopic (exact) mass is 1080 g/mol. The van der Waals surface area contributed by atoms with E-state index in [1.807, 2.05) is 0 Å². The standard InChI is InChI=1S/13C2H6O.20Na.20H/c13*1-2-3;;;;;;;;;;;;;;;;;;;;;;;;;;;;;;;;;;;;;;;;/h13*3H,2H2,1H3;;;;;;;;;;;;;;;;;;;;;;;;;;;;;;;;;;;;;;;;/q;;;;;;;;;;;;;20*+1;20*-1. The molecule has 0 aliphatic carbocycles. The Balaban J connectivity index is -0.00000000174. The van der Waals surface area contributed by atoms with E-state index in [1.54, 1.807) is 90.0 Å². The van der Waals surface area contributed by atoms with Crippen LogP contribution in [-0.4, -0.2) is 152 Å². The number of aliphatic hydroxyl groups is 13. The Morgan fingerprint density at radius 1 is 0.136 bits per heavy atom. The molecule has 0 aromatic carbocycles. The van der Waals surface area contributed by atoms with Gasteiger partial charge < -0.3 is 94.9 Å². The van der Waals surface area contributed by atoms with Gasteiger partial charge in [0.15, 0.2) is 0 Å². The molecule has 0 aromatic rings. The van der Waals surface area contributed by atoms with Crippen molar-refractivity contribution in [2.45, 2.75) is 90.0 Å². The molecular formula is C26H98Na20O13. The molecule has 33 heteroatoms. The van der Waals surface area contributed by atoms with Gasteiger partial charge in [-0.15, -0.1) is 0 Å². The van der Waals surface area contributed by atoms with Gasteiger partial charge in [-0.1, -0.05) is 0 Å². The largest absolute Gasteiger partial charge is 1.00 e. The molecule has 59 heavy (non-hydrogen) atoms. The maximum Gasteiger partial charge on any atom is 1.00 e. The van der Waals surface area contributed by atoms with E-state index in [0.717, 1.165) is 0 Å². The first-order chi connectivity index (χ1) is 18.4. The van der Waals surface area contributed by atoms with E-state index in [4.69, 9.17) is 66.4 Å². The minimum Gasteiger partial charge on any atom is -1.00 e. The van der Waals surface area contributed by atoms with E-state index in [-0.39, 0.29) is 706 Å². The second-order valence-corrected chi connectivity index (χ2v) is 4.11. The number of aliphatic hydroxyl groups excluding tert-OH is 13. The Hall–Kier alpha value is 19.5. The molecule has 0 bridgehead atoms. The number of rotatable bonds is 0. The van der Waals surface area contributed by atoms with Gasteiger partial charge in [-0.05, 0) is 90.0 Å². The van der Waals surface area contributed by atoms with Gasteiger partial charge in [0.25, 0.3) is 0 Å². The molecule has 13 nitrogen and oxygen atoms in total. The number of hydrogen-bond donors (Lipinski definition) is 13. The molecule has 0 saturated heterocycles. The summed E-state index contributed by atoms with van der Waals surface area (Å²) in [7, 11) is 0. The van der Waals surface area contributed by atoms with Crippen molar-refractivity contribution in [3.63, 3.8) is 0 Å². The average Bonchev–Trinajstić information content (AvgIpc) is 2.81. The van der Waals surface area contributed by atoms with Gasteiger partial charge in [-0.2, -0.15) is 0 Å². The molecule has 300 valence electrons.